The van der Waals surface area contributed by atoms with Crippen molar-refractivity contribution in [1.29, 1.82) is 0 Å². The summed E-state index contributed by atoms with van der Waals surface area (Å²) in [5.41, 5.74) is 0.726. The molecule has 2 aromatic rings. The second kappa shape index (κ2) is 10.5. The van der Waals surface area contributed by atoms with Gasteiger partial charge in [0.25, 0.3) is 5.91 Å². The summed E-state index contributed by atoms with van der Waals surface area (Å²) >= 11 is 3.25. The first-order chi connectivity index (χ1) is 13.2. The Hall–Kier alpha value is -1.83. The first-order valence-corrected chi connectivity index (χ1v) is 11.1. The molecule has 2 heterocycles. The number of rotatable bonds is 8. The molecule has 1 aliphatic heterocycles. The number of nitrogens with one attached hydrogen (secondary N) is 1. The molecule has 2 amide bonds. The molecule has 1 aliphatic rings. The molecular weight excluding hydrogens is 378 g/mol. The summed E-state index contributed by atoms with van der Waals surface area (Å²) in [6.45, 7) is 4.73. The Morgan fingerprint density at radius 2 is 1.85 bits per heavy atom. The average Bonchev–Trinajstić information content (AvgIpc) is 3.24. The van der Waals surface area contributed by atoms with Gasteiger partial charge in [-0.2, -0.15) is 11.3 Å². The van der Waals surface area contributed by atoms with Crippen LogP contribution in [-0.4, -0.2) is 66.6 Å². The zero-order valence-corrected chi connectivity index (χ0v) is 16.9. The van der Waals surface area contributed by atoms with E-state index in [4.69, 9.17) is 0 Å². The van der Waals surface area contributed by atoms with Crippen molar-refractivity contribution < 1.29 is 9.59 Å². The van der Waals surface area contributed by atoms with Gasteiger partial charge in [-0.1, -0.05) is 18.2 Å². The lowest BCUT2D eigenvalue weighted by molar-refractivity contribution is -0.132. The first-order valence-electron chi connectivity index (χ1n) is 9.21. The monoisotopic (exact) mass is 403 g/mol. The number of carbonyl (C=O) groups is 2. The van der Waals surface area contributed by atoms with E-state index in [0.717, 1.165) is 44.0 Å². The van der Waals surface area contributed by atoms with E-state index < -0.39 is 0 Å². The van der Waals surface area contributed by atoms with Crippen molar-refractivity contribution in [2.24, 2.45) is 0 Å². The van der Waals surface area contributed by atoms with Gasteiger partial charge >= 0.3 is 0 Å². The number of hydrogen-bond acceptors (Lipinski definition) is 5. The quantitative estimate of drug-likeness (QED) is 0.689. The van der Waals surface area contributed by atoms with Gasteiger partial charge in [-0.3, -0.25) is 14.5 Å². The van der Waals surface area contributed by atoms with Crippen molar-refractivity contribution in [2.45, 2.75) is 11.3 Å². The van der Waals surface area contributed by atoms with Gasteiger partial charge in [0, 0.05) is 67.3 Å². The van der Waals surface area contributed by atoms with Crippen LogP contribution >= 0.6 is 23.1 Å². The third kappa shape index (κ3) is 6.37. The molecule has 7 heteroatoms. The van der Waals surface area contributed by atoms with Gasteiger partial charge in [-0.25, -0.2) is 0 Å². The Morgan fingerprint density at radius 1 is 1.07 bits per heavy atom. The minimum atomic E-state index is -0.0130. The third-order valence-corrected chi connectivity index (χ3v) is 6.25. The van der Waals surface area contributed by atoms with Crippen LogP contribution in [0.15, 0.2) is 52.1 Å². The van der Waals surface area contributed by atoms with Crippen molar-refractivity contribution in [3.63, 3.8) is 0 Å². The molecule has 1 fully saturated rings. The zero-order chi connectivity index (χ0) is 18.9. The van der Waals surface area contributed by atoms with Crippen LogP contribution in [0.2, 0.25) is 0 Å². The number of carbonyl (C=O) groups excluding carboxylic acids is 2. The van der Waals surface area contributed by atoms with Gasteiger partial charge < -0.3 is 10.2 Å². The molecule has 144 valence electrons. The van der Waals surface area contributed by atoms with Gasteiger partial charge in [0.15, 0.2) is 0 Å². The summed E-state index contributed by atoms with van der Waals surface area (Å²) in [7, 11) is 0. The molecule has 0 unspecified atom stereocenters. The van der Waals surface area contributed by atoms with Crippen molar-refractivity contribution in [1.82, 2.24) is 15.1 Å². The minimum Gasteiger partial charge on any atom is -0.351 e. The molecule has 1 aromatic heterocycles. The standard InChI is InChI=1S/C20H25N3O2S2/c24-19(7-15-27-18-4-2-1-3-5-18)23-12-10-22(11-13-23)9-8-21-20(25)17-6-14-26-16-17/h1-6,14,16H,7-13,15H2,(H,21,25). The number of benzene rings is 1. The van der Waals surface area contributed by atoms with E-state index in [1.165, 1.54) is 16.2 Å². The van der Waals surface area contributed by atoms with Gasteiger partial charge in [0.1, 0.15) is 0 Å². The fourth-order valence-corrected chi connectivity index (χ4v) is 4.47. The van der Waals surface area contributed by atoms with Crippen molar-refractivity contribution in [3.05, 3.63) is 52.7 Å². The average molecular weight is 404 g/mol. The molecule has 0 saturated carbocycles. The number of piperazine rings is 1. The summed E-state index contributed by atoms with van der Waals surface area (Å²) in [5, 5.41) is 6.72. The highest BCUT2D eigenvalue weighted by atomic mass is 32.2. The molecule has 0 atom stereocenters. The highest BCUT2D eigenvalue weighted by Crippen LogP contribution is 2.18. The Balaban J connectivity index is 1.29. The molecule has 0 aliphatic carbocycles. The predicted molar refractivity (Wildman–Crippen MR) is 111 cm³/mol. The number of hydrogen-bond donors (Lipinski definition) is 1. The molecule has 1 aromatic carbocycles. The van der Waals surface area contributed by atoms with Gasteiger partial charge in [-0.15, -0.1) is 11.8 Å². The van der Waals surface area contributed by atoms with Crippen molar-refractivity contribution in [3.8, 4) is 0 Å². The van der Waals surface area contributed by atoms with E-state index in [1.54, 1.807) is 11.8 Å². The van der Waals surface area contributed by atoms with Crippen molar-refractivity contribution >= 4 is 34.9 Å². The Morgan fingerprint density at radius 3 is 2.56 bits per heavy atom. The first kappa shape index (κ1) is 19.9. The van der Waals surface area contributed by atoms with Crippen LogP contribution < -0.4 is 5.32 Å². The van der Waals surface area contributed by atoms with Crippen LogP contribution in [0.3, 0.4) is 0 Å². The summed E-state index contributed by atoms with van der Waals surface area (Å²) in [4.78, 5) is 29.8. The SMILES string of the molecule is O=C(NCCN1CCN(C(=O)CCSc2ccccc2)CC1)c1ccsc1. The lowest BCUT2D eigenvalue weighted by atomic mass is 10.3. The van der Waals surface area contributed by atoms with Crippen LogP contribution in [0.1, 0.15) is 16.8 Å². The van der Waals surface area contributed by atoms with E-state index in [2.05, 4.69) is 22.3 Å². The summed E-state index contributed by atoms with van der Waals surface area (Å²) in [6.07, 6.45) is 0.580. The highest BCUT2D eigenvalue weighted by molar-refractivity contribution is 7.99. The second-order valence-corrected chi connectivity index (χ2v) is 8.35. The van der Waals surface area contributed by atoms with E-state index in [1.807, 2.05) is 39.9 Å². The molecule has 0 radical (unpaired) electrons. The number of nitrogens with zero attached hydrogens (tertiary/aromatic N) is 2. The van der Waals surface area contributed by atoms with Crippen LogP contribution in [0.4, 0.5) is 0 Å². The van der Waals surface area contributed by atoms with Crippen molar-refractivity contribution in [2.75, 3.05) is 45.0 Å². The van der Waals surface area contributed by atoms with E-state index in [0.29, 0.717) is 13.0 Å². The molecule has 1 saturated heterocycles. The second-order valence-electron chi connectivity index (χ2n) is 6.40. The Labute approximate surface area is 168 Å². The lowest BCUT2D eigenvalue weighted by Crippen LogP contribution is -2.50. The number of amides is 2. The smallest absolute Gasteiger partial charge is 0.252 e. The third-order valence-electron chi connectivity index (χ3n) is 4.55. The Kier molecular flexibility index (Phi) is 7.74. The summed E-state index contributed by atoms with van der Waals surface area (Å²) in [6, 6.07) is 12.0. The molecule has 0 spiro atoms. The minimum absolute atomic E-state index is 0.0130. The van der Waals surface area contributed by atoms with Crippen LogP contribution in [-0.2, 0) is 4.79 Å². The molecule has 5 nitrogen and oxygen atoms in total. The topological polar surface area (TPSA) is 52.7 Å². The molecule has 27 heavy (non-hydrogen) atoms. The van der Waals surface area contributed by atoms with E-state index >= 15 is 0 Å². The molecule has 1 N–H and O–H groups in total. The van der Waals surface area contributed by atoms with Crippen LogP contribution in [0.25, 0.3) is 0 Å². The number of thiophene rings is 1. The fourth-order valence-electron chi connectivity index (χ4n) is 2.98. The van der Waals surface area contributed by atoms with E-state index in [9.17, 15) is 9.59 Å². The maximum absolute atomic E-state index is 12.4. The maximum atomic E-state index is 12.4. The summed E-state index contributed by atoms with van der Waals surface area (Å²) < 4.78 is 0. The normalized spacial score (nSPS) is 14.9. The largest absolute Gasteiger partial charge is 0.351 e. The highest BCUT2D eigenvalue weighted by Gasteiger charge is 2.20. The fraction of sp³-hybridized carbons (Fsp3) is 0.400. The number of thioether (sulfide) groups is 1. The van der Waals surface area contributed by atoms with Crippen LogP contribution in [0.5, 0.6) is 0 Å². The van der Waals surface area contributed by atoms with E-state index in [-0.39, 0.29) is 11.8 Å². The predicted octanol–water partition coefficient (Wildman–Crippen LogP) is 2.80. The lowest BCUT2D eigenvalue weighted by Gasteiger charge is -2.34. The molecule has 0 bridgehead atoms. The Bertz CT molecular complexity index is 714. The molecular formula is C20H25N3O2S2. The zero-order valence-electron chi connectivity index (χ0n) is 15.3. The van der Waals surface area contributed by atoms with Gasteiger partial charge in [0.05, 0.1) is 0 Å². The van der Waals surface area contributed by atoms with Gasteiger partial charge in [-0.05, 0) is 23.6 Å². The van der Waals surface area contributed by atoms with Crippen LogP contribution in [0, 0.1) is 0 Å². The maximum Gasteiger partial charge on any atom is 0.252 e. The summed E-state index contributed by atoms with van der Waals surface area (Å²) in [5.74, 6) is 1.04. The molecule has 3 rings (SSSR count). The van der Waals surface area contributed by atoms with Gasteiger partial charge in [0.2, 0.25) is 5.91 Å².